The molecule has 0 spiro atoms. The van der Waals surface area contributed by atoms with Crippen LogP contribution in [0.5, 0.6) is 0 Å². The molecule has 3 rings (SSSR count). The number of nitrogens with one attached hydrogen (secondary N) is 1. The van der Waals surface area contributed by atoms with Crippen molar-refractivity contribution in [3.8, 4) is 0 Å². The third-order valence-corrected chi connectivity index (χ3v) is 4.02. The Morgan fingerprint density at radius 1 is 1.14 bits per heavy atom. The van der Waals surface area contributed by atoms with Crippen LogP contribution in [0, 0.1) is 0 Å². The zero-order chi connectivity index (χ0) is 14.8. The van der Waals surface area contributed by atoms with Crippen molar-refractivity contribution in [1.29, 1.82) is 0 Å². The second kappa shape index (κ2) is 5.34. The first kappa shape index (κ1) is 13.3. The highest BCUT2D eigenvalue weighted by Crippen LogP contribution is 2.25. The van der Waals surface area contributed by atoms with E-state index >= 15 is 0 Å². The number of amides is 1. The molecule has 0 bridgehead atoms. The number of hydrogen-bond donors (Lipinski definition) is 2. The predicted molar refractivity (Wildman–Crippen MR) is 81.0 cm³/mol. The van der Waals surface area contributed by atoms with Crippen LogP contribution >= 0.6 is 11.3 Å². The number of carboxylic acid groups (broad SMARTS) is 1. The van der Waals surface area contributed by atoms with Crippen LogP contribution in [0.25, 0.3) is 10.1 Å². The minimum atomic E-state index is -1.05. The minimum absolute atomic E-state index is 0.0786. The van der Waals surface area contributed by atoms with Gasteiger partial charge in [0, 0.05) is 10.9 Å². The monoisotopic (exact) mass is 298 g/mol. The molecule has 0 aliphatic rings. The van der Waals surface area contributed by atoms with Crippen molar-refractivity contribution in [2.24, 2.45) is 0 Å². The Bertz CT molecular complexity index is 791. The van der Waals surface area contributed by atoms with Gasteiger partial charge in [0.15, 0.2) is 0 Å². The van der Waals surface area contributed by atoms with Crippen LogP contribution in [0.3, 0.4) is 0 Å². The van der Waals surface area contributed by atoms with E-state index in [1.165, 1.54) is 29.7 Å². The van der Waals surface area contributed by atoms with Crippen molar-refractivity contribution in [2.45, 2.75) is 0 Å². The Morgan fingerprint density at radius 3 is 2.62 bits per heavy atom. The van der Waals surface area contributed by atoms with Gasteiger partial charge in [-0.15, -0.1) is 11.3 Å². The molecule has 0 saturated carbocycles. The molecule has 104 valence electrons. The molecular formula is C15H10N2O3S. The van der Waals surface area contributed by atoms with Crippen molar-refractivity contribution < 1.29 is 14.7 Å². The topological polar surface area (TPSA) is 79.3 Å². The Hall–Kier alpha value is -2.73. The standard InChI is InChI=1S/C15H10N2O3S/c18-14(12-7-9-3-1-2-4-11(9)21-12)17-13-6-5-10(8-16-13)15(19)20/h1-8H,(H,19,20)(H,16,17,18). The van der Waals surface area contributed by atoms with Gasteiger partial charge in [-0.1, -0.05) is 18.2 Å². The molecule has 5 nitrogen and oxygen atoms in total. The number of aromatic nitrogens is 1. The first-order valence-corrected chi connectivity index (χ1v) is 6.94. The first-order valence-electron chi connectivity index (χ1n) is 6.13. The predicted octanol–water partition coefficient (Wildman–Crippen LogP) is 3.25. The van der Waals surface area contributed by atoms with E-state index in [9.17, 15) is 9.59 Å². The number of thiophene rings is 1. The van der Waals surface area contributed by atoms with Gasteiger partial charge in [0.1, 0.15) is 5.82 Å². The van der Waals surface area contributed by atoms with Gasteiger partial charge in [0.2, 0.25) is 0 Å². The van der Waals surface area contributed by atoms with Gasteiger partial charge >= 0.3 is 5.97 Å². The summed E-state index contributed by atoms with van der Waals surface area (Å²) >= 11 is 1.40. The maximum absolute atomic E-state index is 12.1. The molecule has 1 aromatic carbocycles. The zero-order valence-corrected chi connectivity index (χ0v) is 11.6. The molecule has 2 heterocycles. The quantitative estimate of drug-likeness (QED) is 0.778. The normalized spacial score (nSPS) is 10.5. The molecule has 0 fully saturated rings. The van der Waals surface area contributed by atoms with Gasteiger partial charge in [-0.3, -0.25) is 4.79 Å². The summed E-state index contributed by atoms with van der Waals surface area (Å²) in [4.78, 5) is 27.4. The number of nitrogens with zero attached hydrogens (tertiary/aromatic N) is 1. The molecule has 2 aromatic heterocycles. The van der Waals surface area contributed by atoms with Gasteiger partial charge in [0.05, 0.1) is 10.4 Å². The van der Waals surface area contributed by atoms with Gasteiger partial charge < -0.3 is 10.4 Å². The third-order valence-electron chi connectivity index (χ3n) is 2.90. The molecule has 0 aliphatic carbocycles. The molecule has 0 radical (unpaired) electrons. The van der Waals surface area contributed by atoms with Crippen molar-refractivity contribution in [3.05, 3.63) is 59.1 Å². The summed E-state index contributed by atoms with van der Waals surface area (Å²) in [7, 11) is 0. The number of carbonyl (C=O) groups is 2. The summed E-state index contributed by atoms with van der Waals surface area (Å²) in [5.74, 6) is -0.987. The van der Waals surface area contributed by atoms with Crippen LogP contribution in [0.1, 0.15) is 20.0 Å². The lowest BCUT2D eigenvalue weighted by Crippen LogP contribution is -2.11. The molecular weight excluding hydrogens is 288 g/mol. The number of hydrogen-bond acceptors (Lipinski definition) is 4. The van der Waals surface area contributed by atoms with Crippen molar-refractivity contribution in [3.63, 3.8) is 0 Å². The lowest BCUT2D eigenvalue weighted by atomic mass is 10.2. The fourth-order valence-electron chi connectivity index (χ4n) is 1.87. The van der Waals surface area contributed by atoms with E-state index < -0.39 is 5.97 Å². The number of benzene rings is 1. The smallest absolute Gasteiger partial charge is 0.337 e. The molecule has 21 heavy (non-hydrogen) atoms. The fraction of sp³-hybridized carbons (Fsp3) is 0. The molecule has 0 saturated heterocycles. The summed E-state index contributed by atoms with van der Waals surface area (Å²) in [5.41, 5.74) is 0.0786. The van der Waals surface area contributed by atoms with Crippen LogP contribution in [0.15, 0.2) is 48.7 Å². The van der Waals surface area contributed by atoms with E-state index in [0.717, 1.165) is 10.1 Å². The second-order valence-electron chi connectivity index (χ2n) is 4.34. The highest BCUT2D eigenvalue weighted by molar-refractivity contribution is 7.20. The highest BCUT2D eigenvalue weighted by Gasteiger charge is 2.11. The summed E-state index contributed by atoms with van der Waals surface area (Å²) in [6.07, 6.45) is 1.21. The number of carbonyl (C=O) groups excluding carboxylic acids is 1. The molecule has 1 amide bonds. The SMILES string of the molecule is O=C(O)c1ccc(NC(=O)c2cc3ccccc3s2)nc1. The van der Waals surface area contributed by atoms with Crippen molar-refractivity contribution in [2.75, 3.05) is 5.32 Å². The Morgan fingerprint density at radius 2 is 1.95 bits per heavy atom. The van der Waals surface area contributed by atoms with Crippen LogP contribution < -0.4 is 5.32 Å². The van der Waals surface area contributed by atoms with Gasteiger partial charge in [-0.2, -0.15) is 0 Å². The number of aromatic carboxylic acids is 1. The van der Waals surface area contributed by atoms with Crippen LogP contribution in [0.2, 0.25) is 0 Å². The summed E-state index contributed by atoms with van der Waals surface area (Å²) in [6.45, 7) is 0. The first-order chi connectivity index (χ1) is 10.1. The van der Waals surface area contributed by atoms with E-state index in [2.05, 4.69) is 10.3 Å². The van der Waals surface area contributed by atoms with E-state index in [1.54, 1.807) is 0 Å². The number of anilines is 1. The zero-order valence-electron chi connectivity index (χ0n) is 10.7. The number of pyridine rings is 1. The largest absolute Gasteiger partial charge is 0.478 e. The minimum Gasteiger partial charge on any atom is -0.478 e. The van der Waals surface area contributed by atoms with E-state index in [1.807, 2.05) is 30.3 Å². The summed E-state index contributed by atoms with van der Waals surface area (Å²) in [6, 6.07) is 12.4. The summed E-state index contributed by atoms with van der Waals surface area (Å²) in [5, 5.41) is 12.5. The number of carboxylic acids is 1. The van der Waals surface area contributed by atoms with E-state index in [4.69, 9.17) is 5.11 Å². The van der Waals surface area contributed by atoms with Gasteiger partial charge in [0.25, 0.3) is 5.91 Å². The van der Waals surface area contributed by atoms with Gasteiger partial charge in [-0.05, 0) is 29.7 Å². The molecule has 0 atom stereocenters. The van der Waals surface area contributed by atoms with Crippen molar-refractivity contribution >= 4 is 39.1 Å². The number of rotatable bonds is 3. The number of fused-ring (bicyclic) bond motifs is 1. The summed E-state index contributed by atoms with van der Waals surface area (Å²) < 4.78 is 1.04. The average molecular weight is 298 g/mol. The lowest BCUT2D eigenvalue weighted by Gasteiger charge is -2.02. The Balaban J connectivity index is 1.80. The Labute approximate surface area is 123 Å². The molecule has 0 aliphatic heterocycles. The van der Waals surface area contributed by atoms with E-state index in [-0.39, 0.29) is 11.5 Å². The van der Waals surface area contributed by atoms with Crippen molar-refractivity contribution in [1.82, 2.24) is 4.98 Å². The molecule has 6 heteroatoms. The second-order valence-corrected chi connectivity index (χ2v) is 5.42. The fourth-order valence-corrected chi connectivity index (χ4v) is 2.82. The maximum Gasteiger partial charge on any atom is 0.337 e. The lowest BCUT2D eigenvalue weighted by molar-refractivity contribution is 0.0696. The van der Waals surface area contributed by atoms with Crippen LogP contribution in [0.4, 0.5) is 5.82 Å². The average Bonchev–Trinajstić information content (AvgIpc) is 2.92. The highest BCUT2D eigenvalue weighted by atomic mass is 32.1. The Kier molecular flexibility index (Phi) is 3.37. The van der Waals surface area contributed by atoms with Crippen LogP contribution in [-0.2, 0) is 0 Å². The molecule has 0 unspecified atom stereocenters. The van der Waals surface area contributed by atoms with Gasteiger partial charge in [-0.25, -0.2) is 9.78 Å². The molecule has 2 N–H and O–H groups in total. The maximum atomic E-state index is 12.1. The third kappa shape index (κ3) is 2.75. The molecule has 3 aromatic rings. The van der Waals surface area contributed by atoms with Crippen LogP contribution in [-0.4, -0.2) is 22.0 Å². The van der Waals surface area contributed by atoms with E-state index in [0.29, 0.717) is 10.7 Å².